The van der Waals surface area contributed by atoms with Crippen LogP contribution >= 0.6 is 11.6 Å². The lowest BCUT2D eigenvalue weighted by Gasteiger charge is -2.11. The average molecular weight is 352 g/mol. The molecule has 0 fully saturated rings. The second-order valence-corrected chi connectivity index (χ2v) is 6.36. The van der Waals surface area contributed by atoms with Crippen LogP contribution in [-0.2, 0) is 19.6 Å². The van der Waals surface area contributed by atoms with Crippen LogP contribution in [0.5, 0.6) is 5.75 Å². The fraction of sp³-hybridized carbons (Fsp3) is 0.182. The molecule has 0 aliphatic carbocycles. The van der Waals surface area contributed by atoms with E-state index in [2.05, 4.69) is 48.6 Å². The highest BCUT2D eigenvalue weighted by Crippen LogP contribution is 2.19. The number of ether oxygens (including phenoxy) is 1. The van der Waals surface area contributed by atoms with E-state index in [0.717, 1.165) is 29.3 Å². The van der Waals surface area contributed by atoms with Gasteiger partial charge in [0.15, 0.2) is 0 Å². The van der Waals surface area contributed by atoms with Crippen LogP contribution in [-0.4, -0.2) is 0 Å². The van der Waals surface area contributed by atoms with Gasteiger partial charge in [0.25, 0.3) is 0 Å². The Morgan fingerprint density at radius 3 is 2.44 bits per heavy atom. The van der Waals surface area contributed by atoms with E-state index in [4.69, 9.17) is 16.3 Å². The van der Waals surface area contributed by atoms with Crippen molar-refractivity contribution in [2.75, 3.05) is 5.32 Å². The summed E-state index contributed by atoms with van der Waals surface area (Å²) in [5.41, 5.74) is 4.82. The van der Waals surface area contributed by atoms with Gasteiger partial charge in [0.2, 0.25) is 0 Å². The molecule has 1 N–H and O–H groups in total. The number of halogens is 1. The maximum Gasteiger partial charge on any atom is 0.119 e. The van der Waals surface area contributed by atoms with Gasteiger partial charge in [-0.3, -0.25) is 0 Å². The third kappa shape index (κ3) is 5.01. The molecule has 3 aromatic rings. The summed E-state index contributed by atoms with van der Waals surface area (Å²) in [7, 11) is 0. The van der Waals surface area contributed by atoms with E-state index in [1.165, 1.54) is 16.8 Å². The van der Waals surface area contributed by atoms with Crippen LogP contribution in [0.4, 0.5) is 5.69 Å². The van der Waals surface area contributed by atoms with Crippen molar-refractivity contribution < 1.29 is 4.74 Å². The summed E-state index contributed by atoms with van der Waals surface area (Å²) < 4.78 is 5.82. The molecule has 3 rings (SSSR count). The molecule has 3 aromatic carbocycles. The van der Waals surface area contributed by atoms with Crippen molar-refractivity contribution in [1.82, 2.24) is 0 Å². The molecule has 0 amide bonds. The number of nitrogens with one attached hydrogen (secondary N) is 1. The van der Waals surface area contributed by atoms with E-state index in [0.29, 0.717) is 6.61 Å². The molecular weight excluding hydrogens is 330 g/mol. The molecule has 0 aliphatic rings. The van der Waals surface area contributed by atoms with Gasteiger partial charge >= 0.3 is 0 Å². The molecule has 0 spiro atoms. The number of rotatable bonds is 7. The zero-order valence-electron chi connectivity index (χ0n) is 14.3. The van der Waals surface area contributed by atoms with E-state index in [1.807, 2.05) is 36.4 Å². The number of hydrogen-bond acceptors (Lipinski definition) is 2. The first-order chi connectivity index (χ1) is 12.2. The van der Waals surface area contributed by atoms with Crippen molar-refractivity contribution in [2.45, 2.75) is 26.5 Å². The van der Waals surface area contributed by atoms with Crippen molar-refractivity contribution in [1.29, 1.82) is 0 Å². The molecule has 2 nitrogen and oxygen atoms in total. The van der Waals surface area contributed by atoms with Gasteiger partial charge in [-0.25, -0.2) is 0 Å². The Balaban J connectivity index is 1.55. The van der Waals surface area contributed by atoms with E-state index in [-0.39, 0.29) is 0 Å². The molecule has 0 heterocycles. The minimum atomic E-state index is 0.516. The second-order valence-electron chi connectivity index (χ2n) is 5.93. The van der Waals surface area contributed by atoms with Gasteiger partial charge in [0.1, 0.15) is 12.4 Å². The Labute approximate surface area is 154 Å². The summed E-state index contributed by atoms with van der Waals surface area (Å²) >= 11 is 5.99. The quantitative estimate of drug-likeness (QED) is 0.555. The minimum Gasteiger partial charge on any atom is -0.489 e. The maximum atomic E-state index is 5.99. The Hall–Kier alpha value is -2.45. The van der Waals surface area contributed by atoms with Crippen LogP contribution in [0, 0.1) is 0 Å². The molecule has 0 saturated heterocycles. The van der Waals surface area contributed by atoms with Crippen LogP contribution in [0.15, 0.2) is 72.8 Å². The molecular formula is C22H22ClNO. The van der Waals surface area contributed by atoms with Gasteiger partial charge in [-0.15, -0.1) is 0 Å². The number of benzene rings is 3. The van der Waals surface area contributed by atoms with Crippen molar-refractivity contribution in [2.24, 2.45) is 0 Å². The fourth-order valence-corrected chi connectivity index (χ4v) is 2.91. The Bertz CT molecular complexity index is 814. The minimum absolute atomic E-state index is 0.516. The van der Waals surface area contributed by atoms with Crippen molar-refractivity contribution in [3.63, 3.8) is 0 Å². The van der Waals surface area contributed by atoms with Crippen molar-refractivity contribution in [3.8, 4) is 5.75 Å². The third-order valence-electron chi connectivity index (χ3n) is 4.10. The lowest BCUT2D eigenvalue weighted by atomic mass is 10.1. The highest BCUT2D eigenvalue weighted by molar-refractivity contribution is 6.30. The number of anilines is 1. The van der Waals surface area contributed by atoms with Gasteiger partial charge in [0, 0.05) is 17.3 Å². The number of hydrogen-bond donors (Lipinski definition) is 1. The average Bonchev–Trinajstić information content (AvgIpc) is 2.66. The highest BCUT2D eigenvalue weighted by Gasteiger charge is 2.01. The lowest BCUT2D eigenvalue weighted by Crippen LogP contribution is -2.02. The smallest absolute Gasteiger partial charge is 0.119 e. The molecule has 0 aliphatic heterocycles. The fourth-order valence-electron chi connectivity index (χ4n) is 2.70. The first kappa shape index (κ1) is 17.4. The predicted molar refractivity (Wildman–Crippen MR) is 105 cm³/mol. The second kappa shape index (κ2) is 8.59. The first-order valence-corrected chi connectivity index (χ1v) is 8.90. The highest BCUT2D eigenvalue weighted by atomic mass is 35.5. The summed E-state index contributed by atoms with van der Waals surface area (Å²) in [6.45, 7) is 3.49. The number of para-hydroxylation sites is 1. The molecule has 3 heteroatoms. The Morgan fingerprint density at radius 1 is 0.880 bits per heavy atom. The molecule has 0 radical (unpaired) electrons. The molecule has 0 atom stereocenters. The van der Waals surface area contributed by atoms with Crippen LogP contribution in [0.1, 0.15) is 23.6 Å². The summed E-state index contributed by atoms with van der Waals surface area (Å²) in [4.78, 5) is 0. The molecule has 0 unspecified atom stereocenters. The van der Waals surface area contributed by atoms with Crippen LogP contribution in [0.3, 0.4) is 0 Å². The molecule has 0 saturated carbocycles. The predicted octanol–water partition coefficient (Wildman–Crippen LogP) is 6.09. The van der Waals surface area contributed by atoms with Gasteiger partial charge in [-0.1, -0.05) is 61.0 Å². The maximum absolute atomic E-state index is 5.99. The van der Waals surface area contributed by atoms with Crippen molar-refractivity contribution in [3.05, 3.63) is 94.5 Å². The SMILES string of the molecule is CCc1ccccc1NCc1ccc(OCc2cccc(Cl)c2)cc1. The van der Waals surface area contributed by atoms with Crippen LogP contribution in [0.25, 0.3) is 0 Å². The van der Waals surface area contributed by atoms with Crippen molar-refractivity contribution >= 4 is 17.3 Å². The molecule has 0 aromatic heterocycles. The van der Waals surface area contributed by atoms with Crippen LogP contribution < -0.4 is 10.1 Å². The summed E-state index contributed by atoms with van der Waals surface area (Å²) in [6.07, 6.45) is 1.03. The van der Waals surface area contributed by atoms with E-state index in [9.17, 15) is 0 Å². The molecule has 25 heavy (non-hydrogen) atoms. The van der Waals surface area contributed by atoms with Crippen LogP contribution in [0.2, 0.25) is 5.02 Å². The topological polar surface area (TPSA) is 21.3 Å². The normalized spacial score (nSPS) is 10.5. The van der Waals surface area contributed by atoms with Gasteiger partial charge < -0.3 is 10.1 Å². The Kier molecular flexibility index (Phi) is 5.97. The number of aryl methyl sites for hydroxylation is 1. The van der Waals surface area contributed by atoms with E-state index in [1.54, 1.807) is 0 Å². The zero-order chi connectivity index (χ0) is 17.5. The standard InChI is InChI=1S/C22H22ClNO/c1-2-19-7-3-4-9-22(19)24-15-17-10-12-21(13-11-17)25-16-18-6-5-8-20(23)14-18/h3-14,24H,2,15-16H2,1H3. The summed E-state index contributed by atoms with van der Waals surface area (Å²) in [5, 5.41) is 4.24. The summed E-state index contributed by atoms with van der Waals surface area (Å²) in [5.74, 6) is 0.859. The molecule has 0 bridgehead atoms. The third-order valence-corrected chi connectivity index (χ3v) is 4.33. The first-order valence-electron chi connectivity index (χ1n) is 8.52. The van der Waals surface area contributed by atoms with E-state index >= 15 is 0 Å². The largest absolute Gasteiger partial charge is 0.489 e. The zero-order valence-corrected chi connectivity index (χ0v) is 15.1. The lowest BCUT2D eigenvalue weighted by molar-refractivity contribution is 0.306. The Morgan fingerprint density at radius 2 is 1.68 bits per heavy atom. The monoisotopic (exact) mass is 351 g/mol. The molecule has 128 valence electrons. The van der Waals surface area contributed by atoms with Gasteiger partial charge in [-0.05, 0) is 53.4 Å². The van der Waals surface area contributed by atoms with E-state index < -0.39 is 0 Å². The van der Waals surface area contributed by atoms with Gasteiger partial charge in [-0.2, -0.15) is 0 Å². The van der Waals surface area contributed by atoms with Gasteiger partial charge in [0.05, 0.1) is 0 Å². The summed E-state index contributed by atoms with van der Waals surface area (Å²) in [6, 6.07) is 24.4.